The van der Waals surface area contributed by atoms with Crippen LogP contribution in [0.3, 0.4) is 0 Å². The predicted molar refractivity (Wildman–Crippen MR) is 44.8 cm³/mol. The molecule has 0 aromatic heterocycles. The standard InChI is InChI=1S/C7H16NP/c1-8-5-3-7(9-2)4-6-8/h7,9H,3-6H2,1-2H3. The Bertz CT molecular complexity index is 77.0. The van der Waals surface area contributed by atoms with Crippen molar-refractivity contribution in [2.75, 3.05) is 26.8 Å². The number of piperidine rings is 1. The SMILES string of the molecule is CPC1CCN(C)CC1. The van der Waals surface area contributed by atoms with E-state index in [0.29, 0.717) is 0 Å². The Hall–Kier alpha value is 0.390. The lowest BCUT2D eigenvalue weighted by Crippen LogP contribution is -2.30. The van der Waals surface area contributed by atoms with Gasteiger partial charge in [-0.1, -0.05) is 0 Å². The van der Waals surface area contributed by atoms with Crippen molar-refractivity contribution < 1.29 is 0 Å². The molecule has 0 spiro atoms. The van der Waals surface area contributed by atoms with Crippen LogP contribution >= 0.6 is 8.58 Å². The van der Waals surface area contributed by atoms with Gasteiger partial charge in [-0.2, -0.15) is 0 Å². The van der Waals surface area contributed by atoms with Gasteiger partial charge < -0.3 is 4.90 Å². The summed E-state index contributed by atoms with van der Waals surface area (Å²) in [6, 6.07) is 0. The Morgan fingerprint density at radius 3 is 2.33 bits per heavy atom. The Labute approximate surface area is 59.6 Å². The fourth-order valence-corrected chi connectivity index (χ4v) is 2.13. The van der Waals surface area contributed by atoms with Crippen molar-refractivity contribution in [3.8, 4) is 0 Å². The summed E-state index contributed by atoms with van der Waals surface area (Å²) in [5.41, 5.74) is 1.06. The number of hydrogen-bond donors (Lipinski definition) is 0. The van der Waals surface area contributed by atoms with Crippen LogP contribution in [-0.2, 0) is 0 Å². The highest BCUT2D eigenvalue weighted by Gasteiger charge is 2.13. The van der Waals surface area contributed by atoms with Gasteiger partial charge >= 0.3 is 0 Å². The van der Waals surface area contributed by atoms with Crippen molar-refractivity contribution in [2.24, 2.45) is 0 Å². The fraction of sp³-hybridized carbons (Fsp3) is 1.00. The summed E-state index contributed by atoms with van der Waals surface area (Å²) in [6.45, 7) is 4.98. The van der Waals surface area contributed by atoms with E-state index in [2.05, 4.69) is 18.6 Å². The first kappa shape index (κ1) is 7.50. The second-order valence-corrected chi connectivity index (χ2v) is 4.26. The molecule has 0 aliphatic carbocycles. The summed E-state index contributed by atoms with van der Waals surface area (Å²) < 4.78 is 0. The number of likely N-dealkylation sites (tertiary alicyclic amines) is 1. The number of nitrogens with zero attached hydrogens (tertiary/aromatic N) is 1. The molecule has 0 aromatic rings. The average Bonchev–Trinajstić information content (AvgIpc) is 1.90. The zero-order valence-corrected chi connectivity index (χ0v) is 7.35. The average molecular weight is 145 g/mol. The molecule has 0 radical (unpaired) electrons. The summed E-state index contributed by atoms with van der Waals surface area (Å²) in [7, 11) is 3.39. The van der Waals surface area contributed by atoms with E-state index in [1.54, 1.807) is 0 Å². The van der Waals surface area contributed by atoms with Gasteiger partial charge in [0.2, 0.25) is 0 Å². The van der Waals surface area contributed by atoms with Crippen molar-refractivity contribution in [3.63, 3.8) is 0 Å². The molecule has 1 saturated heterocycles. The van der Waals surface area contributed by atoms with Crippen molar-refractivity contribution in [3.05, 3.63) is 0 Å². The fourth-order valence-electron chi connectivity index (χ4n) is 1.30. The third-order valence-electron chi connectivity index (χ3n) is 2.13. The molecule has 9 heavy (non-hydrogen) atoms. The van der Waals surface area contributed by atoms with Crippen LogP contribution in [0.25, 0.3) is 0 Å². The molecule has 0 amide bonds. The van der Waals surface area contributed by atoms with Gasteiger partial charge in [-0.25, -0.2) is 0 Å². The van der Waals surface area contributed by atoms with Crippen LogP contribution in [0.1, 0.15) is 12.8 Å². The second-order valence-electron chi connectivity index (χ2n) is 2.87. The van der Waals surface area contributed by atoms with Gasteiger partial charge in [-0.15, -0.1) is 8.58 Å². The lowest BCUT2D eigenvalue weighted by molar-refractivity contribution is 0.281. The van der Waals surface area contributed by atoms with Gasteiger partial charge in [0.15, 0.2) is 0 Å². The van der Waals surface area contributed by atoms with Gasteiger partial charge in [0.05, 0.1) is 0 Å². The van der Waals surface area contributed by atoms with Gasteiger partial charge in [-0.3, -0.25) is 0 Å². The third kappa shape index (κ3) is 2.23. The maximum Gasteiger partial charge on any atom is -0.00158 e. The molecule has 0 saturated carbocycles. The zero-order valence-electron chi connectivity index (χ0n) is 6.35. The number of rotatable bonds is 1. The van der Waals surface area contributed by atoms with Gasteiger partial charge in [0, 0.05) is 0 Å². The van der Waals surface area contributed by atoms with Gasteiger partial charge in [0.25, 0.3) is 0 Å². The van der Waals surface area contributed by atoms with Crippen LogP contribution in [0.5, 0.6) is 0 Å². The lowest BCUT2D eigenvalue weighted by Gasteiger charge is -2.27. The van der Waals surface area contributed by atoms with Gasteiger partial charge in [0.1, 0.15) is 0 Å². The molecule has 1 aliphatic heterocycles. The minimum Gasteiger partial charge on any atom is -0.306 e. The number of hydrogen-bond acceptors (Lipinski definition) is 1. The molecule has 0 bridgehead atoms. The Morgan fingerprint density at radius 1 is 1.33 bits per heavy atom. The minimum atomic E-state index is 1.06. The Kier molecular flexibility index (Phi) is 2.94. The summed E-state index contributed by atoms with van der Waals surface area (Å²) in [5.74, 6) is 0. The minimum absolute atomic E-state index is 1.06. The molecule has 1 nitrogen and oxygen atoms in total. The van der Waals surface area contributed by atoms with Crippen LogP contribution in [0.4, 0.5) is 0 Å². The molecular formula is C7H16NP. The largest absolute Gasteiger partial charge is 0.306 e. The van der Waals surface area contributed by atoms with E-state index < -0.39 is 0 Å². The van der Waals surface area contributed by atoms with Crippen LogP contribution in [0.15, 0.2) is 0 Å². The summed E-state index contributed by atoms with van der Waals surface area (Å²) in [4.78, 5) is 2.43. The molecule has 1 aliphatic rings. The van der Waals surface area contributed by atoms with Crippen molar-refractivity contribution >= 4 is 8.58 Å². The molecule has 1 heterocycles. The van der Waals surface area contributed by atoms with E-state index in [0.717, 1.165) is 5.66 Å². The van der Waals surface area contributed by atoms with E-state index >= 15 is 0 Å². The molecule has 1 fully saturated rings. The van der Waals surface area contributed by atoms with Crippen molar-refractivity contribution in [1.82, 2.24) is 4.90 Å². The smallest absolute Gasteiger partial charge is 0.00158 e. The quantitative estimate of drug-likeness (QED) is 0.504. The maximum atomic E-state index is 2.43. The first-order valence-electron chi connectivity index (χ1n) is 3.68. The van der Waals surface area contributed by atoms with Crippen molar-refractivity contribution in [2.45, 2.75) is 18.5 Å². The summed E-state index contributed by atoms with van der Waals surface area (Å²) in [5, 5.41) is 0. The summed E-state index contributed by atoms with van der Waals surface area (Å²) >= 11 is 0. The lowest BCUT2D eigenvalue weighted by atomic mass is 10.1. The van der Waals surface area contributed by atoms with Crippen LogP contribution in [0, 0.1) is 0 Å². The maximum absolute atomic E-state index is 2.43. The molecule has 54 valence electrons. The third-order valence-corrected chi connectivity index (χ3v) is 3.52. The van der Waals surface area contributed by atoms with E-state index in [-0.39, 0.29) is 0 Å². The predicted octanol–water partition coefficient (Wildman–Crippen LogP) is 1.39. The monoisotopic (exact) mass is 145 g/mol. The first-order valence-corrected chi connectivity index (χ1v) is 5.26. The Balaban J connectivity index is 2.18. The first-order chi connectivity index (χ1) is 4.33. The Morgan fingerprint density at radius 2 is 1.89 bits per heavy atom. The normalized spacial score (nSPS) is 26.0. The topological polar surface area (TPSA) is 3.24 Å². The van der Waals surface area contributed by atoms with E-state index in [1.165, 1.54) is 34.5 Å². The van der Waals surface area contributed by atoms with Crippen LogP contribution in [0.2, 0.25) is 0 Å². The molecule has 1 atom stereocenters. The highest BCUT2D eigenvalue weighted by atomic mass is 31.1. The molecule has 2 heteroatoms. The molecule has 1 rings (SSSR count). The molecular weight excluding hydrogens is 129 g/mol. The van der Waals surface area contributed by atoms with Crippen LogP contribution in [-0.4, -0.2) is 37.4 Å². The second kappa shape index (κ2) is 3.53. The van der Waals surface area contributed by atoms with E-state index in [4.69, 9.17) is 0 Å². The van der Waals surface area contributed by atoms with E-state index in [1.807, 2.05) is 0 Å². The van der Waals surface area contributed by atoms with E-state index in [9.17, 15) is 0 Å². The molecule has 0 aromatic carbocycles. The van der Waals surface area contributed by atoms with Crippen molar-refractivity contribution in [1.29, 1.82) is 0 Å². The highest BCUT2D eigenvalue weighted by molar-refractivity contribution is 7.37. The highest BCUT2D eigenvalue weighted by Crippen LogP contribution is 2.24. The molecule has 0 N–H and O–H groups in total. The zero-order chi connectivity index (χ0) is 6.69. The summed E-state index contributed by atoms with van der Waals surface area (Å²) in [6.07, 6.45) is 2.87. The molecule has 1 unspecified atom stereocenters. The van der Waals surface area contributed by atoms with Crippen LogP contribution < -0.4 is 0 Å². The van der Waals surface area contributed by atoms with Gasteiger partial charge in [-0.05, 0) is 45.3 Å².